The number of piperazine rings is 1. The Morgan fingerprint density at radius 2 is 1.64 bits per heavy atom. The first kappa shape index (κ1) is 36.2. The molecule has 4 aliphatic heterocycles. The number of rotatable bonds is 8. The Labute approximate surface area is 296 Å². The van der Waals surface area contributed by atoms with Gasteiger partial charge in [-0.2, -0.15) is 13.2 Å². The highest BCUT2D eigenvalue weighted by Gasteiger charge is 2.38. The largest absolute Gasteiger partial charge is 0.418 e. The van der Waals surface area contributed by atoms with Crippen LogP contribution in [0.15, 0.2) is 36.4 Å². The molecule has 0 aliphatic carbocycles. The molecule has 0 spiro atoms. The first-order valence-electron chi connectivity index (χ1n) is 17.8. The van der Waals surface area contributed by atoms with Gasteiger partial charge in [-0.05, 0) is 80.9 Å². The molecule has 50 heavy (non-hydrogen) atoms. The van der Waals surface area contributed by atoms with Crippen molar-refractivity contribution in [2.24, 2.45) is 5.92 Å². The van der Waals surface area contributed by atoms with Gasteiger partial charge in [0.2, 0.25) is 11.8 Å². The van der Waals surface area contributed by atoms with Gasteiger partial charge >= 0.3 is 12.2 Å². The van der Waals surface area contributed by atoms with Crippen molar-refractivity contribution in [1.82, 2.24) is 24.9 Å². The number of carbonyl (C=O) groups excluding carboxylic acids is 3. The Morgan fingerprint density at radius 3 is 2.32 bits per heavy atom. The zero-order valence-electron chi connectivity index (χ0n) is 28.5. The van der Waals surface area contributed by atoms with Crippen LogP contribution in [0.4, 0.5) is 29.3 Å². The number of alkyl halides is 3. The molecule has 0 aromatic heterocycles. The molecule has 2 aromatic rings. The van der Waals surface area contributed by atoms with E-state index in [0.717, 1.165) is 62.8 Å². The summed E-state index contributed by atoms with van der Waals surface area (Å²) in [5.74, 6) is -1.28. The molecule has 0 saturated carbocycles. The lowest BCUT2D eigenvalue weighted by Gasteiger charge is -2.42. The molecule has 3 fully saturated rings. The van der Waals surface area contributed by atoms with Crippen LogP contribution < -0.4 is 16.0 Å². The minimum atomic E-state index is -4.66. The van der Waals surface area contributed by atoms with E-state index in [0.29, 0.717) is 51.6 Å². The Balaban J connectivity index is 1.13. The number of likely N-dealkylation sites (tertiary alicyclic amines) is 1. The van der Waals surface area contributed by atoms with Gasteiger partial charge in [0.05, 0.1) is 22.2 Å². The second kappa shape index (κ2) is 15.8. The van der Waals surface area contributed by atoms with Gasteiger partial charge in [-0.1, -0.05) is 29.8 Å². The molecular weight excluding hydrogens is 671 g/mol. The number of halogens is 4. The molecule has 4 aliphatic rings. The standard InChI is InChI=1S/C36H47ClF3N7O3/c1-41-33-29(36(38,39)40)21-24(22-30(33)37)20-26(34(49)46-18-16-44(17-19-46)27-6-11-42-12-7-27)23-32(48)45-13-9-28(10-14-45)47-15-8-25-4-2-3-5-31(25)43-35(47)50/h2-5,21-22,26-28,41-42H,6-20,23H2,1H3,(H,43,50)/t26-/m0/s1. The number of nitrogens with one attached hydrogen (secondary N) is 3. The fourth-order valence-corrected chi connectivity index (χ4v) is 8.37. The summed E-state index contributed by atoms with van der Waals surface area (Å²) in [5.41, 5.74) is 1.04. The van der Waals surface area contributed by atoms with E-state index < -0.39 is 17.7 Å². The number of fused-ring (bicyclic) bond motifs is 1. The number of amides is 4. The number of hydrogen-bond donors (Lipinski definition) is 3. The van der Waals surface area contributed by atoms with Crippen LogP contribution in [-0.2, 0) is 28.6 Å². The molecule has 4 heterocycles. The first-order chi connectivity index (χ1) is 24.0. The average Bonchev–Trinajstić information content (AvgIpc) is 3.29. The van der Waals surface area contributed by atoms with E-state index in [-0.39, 0.29) is 53.0 Å². The third-order valence-corrected chi connectivity index (χ3v) is 11.1. The molecule has 3 saturated heterocycles. The summed E-state index contributed by atoms with van der Waals surface area (Å²) in [7, 11) is 1.38. The Kier molecular flexibility index (Phi) is 11.4. The van der Waals surface area contributed by atoms with Crippen LogP contribution in [0.2, 0.25) is 5.02 Å². The van der Waals surface area contributed by atoms with Crippen LogP contribution in [0.25, 0.3) is 0 Å². The number of anilines is 2. The number of benzene rings is 2. The summed E-state index contributed by atoms with van der Waals surface area (Å²) in [6.07, 6.45) is -0.771. The summed E-state index contributed by atoms with van der Waals surface area (Å²) >= 11 is 6.32. The fourth-order valence-electron chi connectivity index (χ4n) is 8.03. The van der Waals surface area contributed by atoms with Gasteiger partial charge < -0.3 is 30.7 Å². The van der Waals surface area contributed by atoms with E-state index in [1.54, 1.807) is 9.80 Å². The van der Waals surface area contributed by atoms with Crippen LogP contribution in [0.1, 0.15) is 48.8 Å². The molecule has 2 aromatic carbocycles. The molecular formula is C36H47ClF3N7O3. The van der Waals surface area contributed by atoms with Crippen molar-refractivity contribution in [3.05, 3.63) is 58.1 Å². The normalized spacial score (nSPS) is 20.6. The number of piperidine rings is 2. The minimum absolute atomic E-state index is 0.0318. The van der Waals surface area contributed by atoms with Gasteiger partial charge in [0, 0.05) is 77.1 Å². The topological polar surface area (TPSA) is 100 Å². The third-order valence-electron chi connectivity index (χ3n) is 10.8. The lowest BCUT2D eigenvalue weighted by molar-refractivity contribution is -0.143. The summed E-state index contributed by atoms with van der Waals surface area (Å²) in [6.45, 7) is 5.84. The van der Waals surface area contributed by atoms with Gasteiger partial charge in [-0.25, -0.2) is 4.79 Å². The fraction of sp³-hybridized carbons (Fsp3) is 0.583. The van der Waals surface area contributed by atoms with Gasteiger partial charge in [-0.15, -0.1) is 0 Å². The number of urea groups is 1. The molecule has 0 bridgehead atoms. The van der Waals surface area contributed by atoms with E-state index in [2.05, 4.69) is 20.9 Å². The maximum Gasteiger partial charge on any atom is 0.418 e. The van der Waals surface area contributed by atoms with Crippen LogP contribution in [0.5, 0.6) is 0 Å². The summed E-state index contributed by atoms with van der Waals surface area (Å²) < 4.78 is 42.1. The van der Waals surface area contributed by atoms with E-state index >= 15 is 0 Å². The lowest BCUT2D eigenvalue weighted by Crippen LogP contribution is -2.55. The van der Waals surface area contributed by atoms with Crippen molar-refractivity contribution in [2.45, 2.75) is 63.2 Å². The smallest absolute Gasteiger partial charge is 0.386 e. The van der Waals surface area contributed by atoms with Crippen molar-refractivity contribution in [3.8, 4) is 0 Å². The predicted molar refractivity (Wildman–Crippen MR) is 187 cm³/mol. The average molecular weight is 718 g/mol. The molecule has 0 unspecified atom stereocenters. The number of nitrogens with zero attached hydrogens (tertiary/aromatic N) is 4. The van der Waals surface area contributed by atoms with E-state index in [1.807, 2.05) is 29.2 Å². The molecule has 4 amide bonds. The zero-order valence-corrected chi connectivity index (χ0v) is 29.3. The predicted octanol–water partition coefficient (Wildman–Crippen LogP) is 4.93. The SMILES string of the molecule is CNc1c(Cl)cc(C[C@@H](CC(=O)N2CCC(N3CCc4ccccc4NC3=O)CC2)C(=O)N2CCN(C3CCNCC3)CC2)cc1C(F)(F)F. The minimum Gasteiger partial charge on any atom is -0.386 e. The zero-order chi connectivity index (χ0) is 35.4. The maximum atomic E-state index is 14.1. The van der Waals surface area contributed by atoms with E-state index in [4.69, 9.17) is 11.6 Å². The second-order valence-corrected chi connectivity index (χ2v) is 14.2. The van der Waals surface area contributed by atoms with Crippen molar-refractivity contribution >= 4 is 40.8 Å². The van der Waals surface area contributed by atoms with Gasteiger partial charge in [-0.3, -0.25) is 14.5 Å². The third kappa shape index (κ3) is 8.32. The summed E-state index contributed by atoms with van der Waals surface area (Å²) in [6, 6.07) is 10.6. The summed E-state index contributed by atoms with van der Waals surface area (Å²) in [4.78, 5) is 48.8. The number of hydrogen-bond acceptors (Lipinski definition) is 6. The summed E-state index contributed by atoms with van der Waals surface area (Å²) in [5, 5.41) is 8.86. The van der Waals surface area contributed by atoms with Crippen molar-refractivity contribution in [3.63, 3.8) is 0 Å². The Bertz CT molecular complexity index is 1540. The Hall–Kier alpha value is -3.55. The number of para-hydroxylation sites is 1. The Morgan fingerprint density at radius 1 is 0.940 bits per heavy atom. The number of carbonyl (C=O) groups is 3. The molecule has 10 nitrogen and oxygen atoms in total. The molecule has 6 rings (SSSR count). The van der Waals surface area contributed by atoms with E-state index in [9.17, 15) is 27.6 Å². The van der Waals surface area contributed by atoms with Crippen LogP contribution in [0.3, 0.4) is 0 Å². The van der Waals surface area contributed by atoms with Crippen LogP contribution in [-0.4, -0.2) is 115 Å². The first-order valence-corrected chi connectivity index (χ1v) is 18.1. The molecule has 3 N–H and O–H groups in total. The lowest BCUT2D eigenvalue weighted by atomic mass is 9.91. The second-order valence-electron chi connectivity index (χ2n) is 13.8. The molecule has 14 heteroatoms. The van der Waals surface area contributed by atoms with Crippen molar-refractivity contribution in [1.29, 1.82) is 0 Å². The van der Waals surface area contributed by atoms with Crippen LogP contribution >= 0.6 is 11.6 Å². The molecule has 272 valence electrons. The van der Waals surface area contributed by atoms with Gasteiger partial charge in [0.25, 0.3) is 0 Å². The van der Waals surface area contributed by atoms with Crippen molar-refractivity contribution < 1.29 is 27.6 Å². The van der Waals surface area contributed by atoms with E-state index in [1.165, 1.54) is 13.1 Å². The highest BCUT2D eigenvalue weighted by Crippen LogP contribution is 2.40. The highest BCUT2D eigenvalue weighted by molar-refractivity contribution is 6.33. The van der Waals surface area contributed by atoms with Crippen molar-refractivity contribution in [2.75, 3.05) is 76.6 Å². The van der Waals surface area contributed by atoms with Crippen LogP contribution in [0, 0.1) is 5.92 Å². The van der Waals surface area contributed by atoms with Gasteiger partial charge in [0.1, 0.15) is 0 Å². The highest BCUT2D eigenvalue weighted by atomic mass is 35.5. The molecule has 1 atom stereocenters. The quantitative estimate of drug-likeness (QED) is 0.359. The monoisotopic (exact) mass is 717 g/mol. The maximum absolute atomic E-state index is 14.1. The molecule has 0 radical (unpaired) electrons. The van der Waals surface area contributed by atoms with Gasteiger partial charge in [0.15, 0.2) is 0 Å².